The molecule has 0 aliphatic carbocycles. The quantitative estimate of drug-likeness (QED) is 0.664. The van der Waals surface area contributed by atoms with Crippen LogP contribution in [0.15, 0.2) is 17.1 Å². The fourth-order valence-electron chi connectivity index (χ4n) is 2.16. The molecule has 0 atom stereocenters. The van der Waals surface area contributed by atoms with Crippen molar-refractivity contribution in [3.63, 3.8) is 0 Å². The minimum atomic E-state index is -0.417. The van der Waals surface area contributed by atoms with Crippen LogP contribution in [0.1, 0.15) is 31.9 Å². The number of esters is 1. The molecule has 2 rings (SSSR count). The van der Waals surface area contributed by atoms with E-state index in [1.807, 2.05) is 4.90 Å². The van der Waals surface area contributed by atoms with Crippen LogP contribution in [0, 0.1) is 0 Å². The van der Waals surface area contributed by atoms with Crippen molar-refractivity contribution in [3.8, 4) is 0 Å². The largest absolute Gasteiger partial charge is 0.463 e. The summed E-state index contributed by atoms with van der Waals surface area (Å²) in [6.45, 7) is 3.78. The van der Waals surface area contributed by atoms with Crippen molar-refractivity contribution in [2.75, 3.05) is 24.6 Å². The Balaban J connectivity index is 2.15. The minimum Gasteiger partial charge on any atom is -0.463 e. The number of nitrogens with zero attached hydrogens (tertiary/aromatic N) is 2. The van der Waals surface area contributed by atoms with Gasteiger partial charge in [0.1, 0.15) is 0 Å². The highest BCUT2D eigenvalue weighted by atomic mass is 16.5. The Morgan fingerprint density at radius 2 is 2.20 bits per heavy atom. The molecule has 1 N–H and O–H groups in total. The molecular formula is C14H19N3O3. The first-order chi connectivity index (χ1) is 9.70. The number of aromatic amines is 1. The van der Waals surface area contributed by atoms with Gasteiger partial charge in [0.05, 0.1) is 12.3 Å². The van der Waals surface area contributed by atoms with Gasteiger partial charge in [-0.1, -0.05) is 0 Å². The normalized spacial score (nSPS) is 15.6. The first-order valence-corrected chi connectivity index (χ1v) is 6.90. The predicted molar refractivity (Wildman–Crippen MR) is 76.6 cm³/mol. The van der Waals surface area contributed by atoms with Crippen LogP contribution < -0.4 is 10.5 Å². The summed E-state index contributed by atoms with van der Waals surface area (Å²) >= 11 is 0. The van der Waals surface area contributed by atoms with Gasteiger partial charge in [-0.3, -0.25) is 4.79 Å². The number of H-pyrrole nitrogens is 1. The maximum Gasteiger partial charge on any atom is 0.330 e. The van der Waals surface area contributed by atoms with Crippen LogP contribution >= 0.6 is 0 Å². The zero-order valence-electron chi connectivity index (χ0n) is 11.6. The lowest BCUT2D eigenvalue weighted by Gasteiger charge is -2.26. The van der Waals surface area contributed by atoms with Crippen LogP contribution in [0.4, 0.5) is 5.82 Å². The average Bonchev–Trinajstić information content (AvgIpc) is 2.47. The van der Waals surface area contributed by atoms with Crippen molar-refractivity contribution >= 4 is 17.9 Å². The number of nitrogens with one attached hydrogen (secondary N) is 1. The zero-order valence-corrected chi connectivity index (χ0v) is 11.6. The van der Waals surface area contributed by atoms with Gasteiger partial charge < -0.3 is 14.6 Å². The smallest absolute Gasteiger partial charge is 0.330 e. The number of piperidine rings is 1. The van der Waals surface area contributed by atoms with Gasteiger partial charge in [-0.05, 0) is 32.3 Å². The van der Waals surface area contributed by atoms with Gasteiger partial charge in [0.25, 0.3) is 5.56 Å². The molecule has 1 saturated heterocycles. The first kappa shape index (κ1) is 14.3. The molecule has 1 aliphatic heterocycles. The molecule has 0 radical (unpaired) electrons. The van der Waals surface area contributed by atoms with Gasteiger partial charge >= 0.3 is 5.97 Å². The molecule has 0 saturated carbocycles. The summed E-state index contributed by atoms with van der Waals surface area (Å²) in [6.07, 6.45) is 7.68. The summed E-state index contributed by atoms with van der Waals surface area (Å²) in [5.41, 5.74) is 0.346. The van der Waals surface area contributed by atoms with Gasteiger partial charge in [-0.2, -0.15) is 0 Å². The molecule has 6 nitrogen and oxygen atoms in total. The average molecular weight is 277 g/mol. The number of aromatic nitrogens is 2. The molecule has 1 aliphatic rings. The fraction of sp³-hybridized carbons (Fsp3) is 0.500. The predicted octanol–water partition coefficient (Wildman–Crippen LogP) is 1.34. The lowest BCUT2D eigenvalue weighted by atomic mass is 10.1. The monoisotopic (exact) mass is 277 g/mol. The van der Waals surface area contributed by atoms with Gasteiger partial charge in [0.2, 0.25) is 0 Å². The summed E-state index contributed by atoms with van der Waals surface area (Å²) in [4.78, 5) is 32.1. The highest BCUT2D eigenvalue weighted by molar-refractivity contribution is 5.86. The topological polar surface area (TPSA) is 75.3 Å². The maximum absolute atomic E-state index is 11.8. The maximum atomic E-state index is 11.8. The van der Waals surface area contributed by atoms with E-state index >= 15 is 0 Å². The molecular weight excluding hydrogens is 258 g/mol. The van der Waals surface area contributed by atoms with Crippen LogP contribution in [0.25, 0.3) is 6.08 Å². The Hall–Kier alpha value is -2.11. The lowest BCUT2D eigenvalue weighted by Crippen LogP contribution is -2.34. The van der Waals surface area contributed by atoms with Gasteiger partial charge in [0.15, 0.2) is 5.82 Å². The van der Waals surface area contributed by atoms with E-state index in [1.165, 1.54) is 18.7 Å². The van der Waals surface area contributed by atoms with Crippen molar-refractivity contribution in [3.05, 3.63) is 28.3 Å². The van der Waals surface area contributed by atoms with Crippen molar-refractivity contribution in [2.45, 2.75) is 26.2 Å². The fourth-order valence-corrected chi connectivity index (χ4v) is 2.16. The van der Waals surface area contributed by atoms with E-state index in [4.69, 9.17) is 4.74 Å². The SMILES string of the molecule is CCOC(=O)/C=C/c1c[nH]c(=O)c(N2CCCCC2)n1. The molecule has 0 aromatic carbocycles. The first-order valence-electron chi connectivity index (χ1n) is 6.90. The van der Waals surface area contributed by atoms with Crippen molar-refractivity contribution in [1.82, 2.24) is 9.97 Å². The molecule has 0 unspecified atom stereocenters. The van der Waals surface area contributed by atoms with E-state index in [0.29, 0.717) is 18.1 Å². The number of rotatable bonds is 4. The highest BCUT2D eigenvalue weighted by Crippen LogP contribution is 2.14. The van der Waals surface area contributed by atoms with E-state index in [2.05, 4.69) is 9.97 Å². The van der Waals surface area contributed by atoms with E-state index in [1.54, 1.807) is 13.0 Å². The van der Waals surface area contributed by atoms with Crippen LogP contribution in [0.3, 0.4) is 0 Å². The standard InChI is InChI=1S/C14H19N3O3/c1-2-20-12(18)7-6-11-10-15-14(19)13(16-11)17-8-4-3-5-9-17/h6-7,10H,2-5,8-9H2,1H3,(H,15,19)/b7-6+. The number of hydrogen-bond donors (Lipinski definition) is 1. The molecule has 6 heteroatoms. The van der Waals surface area contributed by atoms with Crippen LogP contribution in [0.5, 0.6) is 0 Å². The molecule has 0 bridgehead atoms. The van der Waals surface area contributed by atoms with Crippen molar-refractivity contribution in [1.29, 1.82) is 0 Å². The summed E-state index contributed by atoms with van der Waals surface area (Å²) in [5.74, 6) is 0.00994. The van der Waals surface area contributed by atoms with Gasteiger partial charge in [-0.25, -0.2) is 9.78 Å². The third-order valence-corrected chi connectivity index (χ3v) is 3.12. The number of hydrogen-bond acceptors (Lipinski definition) is 5. The van der Waals surface area contributed by atoms with E-state index in [0.717, 1.165) is 25.9 Å². The second kappa shape index (κ2) is 6.88. The van der Waals surface area contributed by atoms with E-state index < -0.39 is 5.97 Å². The molecule has 1 aromatic rings. The molecule has 2 heterocycles. The van der Waals surface area contributed by atoms with Crippen LogP contribution in [-0.4, -0.2) is 35.6 Å². The summed E-state index contributed by atoms with van der Waals surface area (Å²) in [7, 11) is 0. The number of carbonyl (C=O) groups excluding carboxylic acids is 1. The molecule has 0 amide bonds. The van der Waals surface area contributed by atoms with Gasteiger partial charge in [0, 0.05) is 25.4 Å². The zero-order chi connectivity index (χ0) is 14.4. The Labute approximate surface area is 117 Å². The van der Waals surface area contributed by atoms with Crippen molar-refractivity contribution in [2.24, 2.45) is 0 Å². The summed E-state index contributed by atoms with van der Waals surface area (Å²) in [5, 5.41) is 0. The highest BCUT2D eigenvalue weighted by Gasteiger charge is 2.15. The third kappa shape index (κ3) is 3.69. The van der Waals surface area contributed by atoms with Gasteiger partial charge in [-0.15, -0.1) is 0 Å². The second-order valence-electron chi connectivity index (χ2n) is 4.61. The lowest BCUT2D eigenvalue weighted by molar-refractivity contribution is -0.137. The van der Waals surface area contributed by atoms with Crippen LogP contribution in [-0.2, 0) is 9.53 Å². The second-order valence-corrected chi connectivity index (χ2v) is 4.61. The van der Waals surface area contributed by atoms with E-state index in [-0.39, 0.29) is 5.56 Å². The minimum absolute atomic E-state index is 0.194. The molecule has 1 fully saturated rings. The summed E-state index contributed by atoms with van der Waals surface area (Å²) in [6, 6.07) is 0. The van der Waals surface area contributed by atoms with E-state index in [9.17, 15) is 9.59 Å². The Morgan fingerprint density at radius 1 is 1.45 bits per heavy atom. The third-order valence-electron chi connectivity index (χ3n) is 3.12. The van der Waals surface area contributed by atoms with Crippen LogP contribution in [0.2, 0.25) is 0 Å². The Kier molecular flexibility index (Phi) is 4.92. The molecule has 0 spiro atoms. The number of ether oxygens (including phenoxy) is 1. The Bertz CT molecular complexity index is 545. The summed E-state index contributed by atoms with van der Waals surface area (Å²) < 4.78 is 4.80. The number of anilines is 1. The van der Waals surface area contributed by atoms with Crippen molar-refractivity contribution < 1.29 is 9.53 Å². The molecule has 108 valence electrons. The molecule has 20 heavy (non-hydrogen) atoms. The molecule has 1 aromatic heterocycles. The Morgan fingerprint density at radius 3 is 2.90 bits per heavy atom. The number of carbonyl (C=O) groups is 1.